The van der Waals surface area contributed by atoms with Crippen molar-refractivity contribution in [1.82, 2.24) is 19.6 Å². The first-order chi connectivity index (χ1) is 15.8. The van der Waals surface area contributed by atoms with Crippen LogP contribution in [0.4, 0.5) is 17.2 Å². The molecule has 4 heterocycles. The monoisotopic (exact) mass is 423 g/mol. The van der Waals surface area contributed by atoms with Crippen LogP contribution in [0.3, 0.4) is 0 Å². The second kappa shape index (κ2) is 7.48. The Balaban J connectivity index is 1.40. The second-order valence-electron chi connectivity index (χ2n) is 7.83. The summed E-state index contributed by atoms with van der Waals surface area (Å²) in [6.07, 6.45) is 3.51. The Morgan fingerprint density at radius 1 is 1.06 bits per heavy atom. The lowest BCUT2D eigenvalue weighted by atomic mass is 10.1. The Morgan fingerprint density at radius 3 is 2.72 bits per heavy atom. The van der Waals surface area contributed by atoms with Crippen molar-refractivity contribution in [1.29, 1.82) is 5.26 Å². The fourth-order valence-corrected chi connectivity index (χ4v) is 4.25. The van der Waals surface area contributed by atoms with E-state index in [0.717, 1.165) is 60.0 Å². The second-order valence-corrected chi connectivity index (χ2v) is 7.83. The van der Waals surface area contributed by atoms with Crippen molar-refractivity contribution in [3.63, 3.8) is 0 Å². The van der Waals surface area contributed by atoms with E-state index in [1.54, 1.807) is 10.7 Å². The van der Waals surface area contributed by atoms with Crippen molar-refractivity contribution in [2.75, 3.05) is 36.5 Å². The molecule has 158 valence electrons. The van der Waals surface area contributed by atoms with E-state index >= 15 is 0 Å². The van der Waals surface area contributed by atoms with Gasteiger partial charge in [0.15, 0.2) is 11.5 Å². The molecule has 1 aliphatic rings. The molecule has 6 rings (SSSR count). The van der Waals surface area contributed by atoms with Crippen molar-refractivity contribution in [3.8, 4) is 17.3 Å². The summed E-state index contributed by atoms with van der Waals surface area (Å²) in [5.74, 6) is 0.784. The van der Waals surface area contributed by atoms with Crippen molar-refractivity contribution >= 4 is 33.7 Å². The molecular formula is C24H21N7O. The first-order valence-electron chi connectivity index (χ1n) is 10.6. The molecule has 3 N–H and O–H groups in total. The average Bonchev–Trinajstić information content (AvgIpc) is 3.55. The van der Waals surface area contributed by atoms with Gasteiger partial charge in [0.2, 0.25) is 0 Å². The molecule has 0 amide bonds. The van der Waals surface area contributed by atoms with E-state index in [1.165, 1.54) is 5.69 Å². The van der Waals surface area contributed by atoms with Gasteiger partial charge < -0.3 is 24.9 Å². The minimum Gasteiger partial charge on any atom is -0.378 e. The minimum atomic E-state index is 0.503. The van der Waals surface area contributed by atoms with Gasteiger partial charge >= 0.3 is 0 Å². The number of morpholine rings is 1. The van der Waals surface area contributed by atoms with E-state index < -0.39 is 0 Å². The number of aromatic amines is 2. The van der Waals surface area contributed by atoms with Crippen LogP contribution in [0.2, 0.25) is 0 Å². The summed E-state index contributed by atoms with van der Waals surface area (Å²) in [6, 6.07) is 18.9. The molecule has 3 aromatic heterocycles. The molecular weight excluding hydrogens is 402 g/mol. The molecule has 32 heavy (non-hydrogen) atoms. The predicted octanol–water partition coefficient (Wildman–Crippen LogP) is 4.26. The molecule has 0 saturated carbocycles. The fraction of sp³-hybridized carbons (Fsp3) is 0.167. The zero-order valence-corrected chi connectivity index (χ0v) is 17.3. The molecule has 8 nitrogen and oxygen atoms in total. The number of fused-ring (bicyclic) bond motifs is 2. The summed E-state index contributed by atoms with van der Waals surface area (Å²) in [5.41, 5.74) is 6.22. The molecule has 5 aromatic rings. The van der Waals surface area contributed by atoms with E-state index in [0.29, 0.717) is 11.2 Å². The number of ether oxygens (including phenoxy) is 1. The van der Waals surface area contributed by atoms with Gasteiger partial charge in [-0.05, 0) is 41.8 Å². The summed E-state index contributed by atoms with van der Waals surface area (Å²) in [4.78, 5) is 8.99. The van der Waals surface area contributed by atoms with Crippen LogP contribution >= 0.6 is 0 Å². The zero-order valence-electron chi connectivity index (χ0n) is 17.3. The Bertz CT molecular complexity index is 1450. The third-order valence-electron chi connectivity index (χ3n) is 5.93. The number of benzene rings is 2. The SMILES string of the molecule is N#Cc1cnn2c(Nc3ccc(N4CCOCC4)cc3)c(-c3ccc4cc[nH]c4c3)[nH]c12. The zero-order chi connectivity index (χ0) is 21.5. The number of H-pyrrole nitrogens is 2. The molecule has 0 atom stereocenters. The highest BCUT2D eigenvalue weighted by Gasteiger charge is 2.18. The molecule has 1 fully saturated rings. The van der Waals surface area contributed by atoms with Crippen LogP contribution in [0.25, 0.3) is 27.8 Å². The van der Waals surface area contributed by atoms with Gasteiger partial charge in [-0.25, -0.2) is 0 Å². The summed E-state index contributed by atoms with van der Waals surface area (Å²) in [6.45, 7) is 3.33. The number of anilines is 3. The van der Waals surface area contributed by atoms with Gasteiger partial charge in [-0.1, -0.05) is 12.1 Å². The maximum atomic E-state index is 9.49. The maximum Gasteiger partial charge on any atom is 0.158 e. The van der Waals surface area contributed by atoms with Crippen molar-refractivity contribution in [2.24, 2.45) is 0 Å². The summed E-state index contributed by atoms with van der Waals surface area (Å²) in [5, 5.41) is 18.6. The minimum absolute atomic E-state index is 0.503. The quantitative estimate of drug-likeness (QED) is 0.401. The number of aromatic nitrogens is 4. The third-order valence-corrected chi connectivity index (χ3v) is 5.93. The predicted molar refractivity (Wildman–Crippen MR) is 124 cm³/mol. The Labute approximate surface area is 184 Å². The Hall–Kier alpha value is -4.22. The molecule has 8 heteroatoms. The van der Waals surface area contributed by atoms with E-state index in [-0.39, 0.29) is 0 Å². The van der Waals surface area contributed by atoms with Gasteiger partial charge in [0.25, 0.3) is 0 Å². The van der Waals surface area contributed by atoms with Crippen molar-refractivity contribution in [3.05, 3.63) is 66.5 Å². The topological polar surface area (TPSA) is 97.2 Å². The summed E-state index contributed by atoms with van der Waals surface area (Å²) in [7, 11) is 0. The highest BCUT2D eigenvalue weighted by atomic mass is 16.5. The van der Waals surface area contributed by atoms with Crippen LogP contribution in [0, 0.1) is 11.3 Å². The Kier molecular flexibility index (Phi) is 4.33. The van der Waals surface area contributed by atoms with E-state index in [4.69, 9.17) is 4.74 Å². The normalized spacial score (nSPS) is 14.2. The van der Waals surface area contributed by atoms with Crippen LogP contribution in [0.15, 0.2) is 60.9 Å². The highest BCUT2D eigenvalue weighted by molar-refractivity contribution is 5.88. The van der Waals surface area contributed by atoms with E-state index in [9.17, 15) is 5.26 Å². The van der Waals surface area contributed by atoms with Crippen LogP contribution in [-0.4, -0.2) is 45.9 Å². The molecule has 1 aliphatic heterocycles. The van der Waals surface area contributed by atoms with Crippen LogP contribution in [0.5, 0.6) is 0 Å². The number of rotatable bonds is 4. The standard InChI is InChI=1S/C24H21N7O/c25-14-18-15-27-31-23(18)29-22(17-2-1-16-7-8-26-21(16)13-17)24(31)28-19-3-5-20(6-4-19)30-9-11-32-12-10-30/h1-8,13,15,26,28-29H,9-12H2. The van der Waals surface area contributed by atoms with Crippen LogP contribution in [0.1, 0.15) is 5.56 Å². The summed E-state index contributed by atoms with van der Waals surface area (Å²) < 4.78 is 7.20. The molecule has 0 unspecified atom stereocenters. The van der Waals surface area contributed by atoms with Gasteiger partial charge in [-0.15, -0.1) is 0 Å². The molecule has 2 aromatic carbocycles. The number of hydrogen-bond acceptors (Lipinski definition) is 5. The smallest absolute Gasteiger partial charge is 0.158 e. The molecule has 0 spiro atoms. The van der Waals surface area contributed by atoms with Crippen LogP contribution in [-0.2, 0) is 4.74 Å². The largest absolute Gasteiger partial charge is 0.378 e. The number of hydrogen-bond donors (Lipinski definition) is 3. The number of nitrogens with zero attached hydrogens (tertiary/aromatic N) is 4. The first-order valence-corrected chi connectivity index (χ1v) is 10.6. The van der Waals surface area contributed by atoms with Crippen LogP contribution < -0.4 is 10.2 Å². The van der Waals surface area contributed by atoms with Crippen molar-refractivity contribution in [2.45, 2.75) is 0 Å². The number of nitriles is 1. The van der Waals surface area contributed by atoms with Gasteiger partial charge in [0, 0.05) is 41.7 Å². The fourth-order valence-electron chi connectivity index (χ4n) is 4.25. The first kappa shape index (κ1) is 18.5. The van der Waals surface area contributed by atoms with Gasteiger partial charge in [-0.3, -0.25) is 0 Å². The molecule has 0 bridgehead atoms. The lowest BCUT2D eigenvalue weighted by Gasteiger charge is -2.28. The molecule has 1 saturated heterocycles. The highest BCUT2D eigenvalue weighted by Crippen LogP contribution is 2.33. The number of imidazole rings is 1. The van der Waals surface area contributed by atoms with Gasteiger partial charge in [0.05, 0.1) is 25.1 Å². The van der Waals surface area contributed by atoms with Crippen molar-refractivity contribution < 1.29 is 4.74 Å². The van der Waals surface area contributed by atoms with E-state index in [1.807, 2.05) is 12.3 Å². The molecule has 0 aliphatic carbocycles. The van der Waals surface area contributed by atoms with Gasteiger partial charge in [0.1, 0.15) is 11.6 Å². The lowest BCUT2D eigenvalue weighted by Crippen LogP contribution is -2.36. The lowest BCUT2D eigenvalue weighted by molar-refractivity contribution is 0.122. The molecule has 0 radical (unpaired) electrons. The maximum absolute atomic E-state index is 9.49. The average molecular weight is 423 g/mol. The third kappa shape index (κ3) is 3.07. The van der Waals surface area contributed by atoms with Gasteiger partial charge in [-0.2, -0.15) is 14.9 Å². The summed E-state index contributed by atoms with van der Waals surface area (Å²) >= 11 is 0. The Morgan fingerprint density at radius 2 is 1.91 bits per heavy atom. The van der Waals surface area contributed by atoms with E-state index in [2.05, 4.69) is 73.8 Å². The number of nitrogens with one attached hydrogen (secondary N) is 3.